The minimum Gasteiger partial charge on any atom is -0.392 e. The third kappa shape index (κ3) is 2.13. The minimum atomic E-state index is -0.144. The van der Waals surface area contributed by atoms with Crippen LogP contribution < -0.4 is 5.32 Å². The van der Waals surface area contributed by atoms with Crippen LogP contribution in [0.4, 0.5) is 0 Å². The van der Waals surface area contributed by atoms with Crippen LogP contribution in [0.15, 0.2) is 0 Å². The molecule has 0 radical (unpaired) electrons. The second-order valence-electron chi connectivity index (χ2n) is 5.96. The highest BCUT2D eigenvalue weighted by atomic mass is 16.5. The molecule has 0 aliphatic heterocycles. The van der Waals surface area contributed by atoms with E-state index in [9.17, 15) is 5.11 Å². The van der Waals surface area contributed by atoms with Crippen LogP contribution in [0.1, 0.15) is 46.0 Å². The number of hydrogen-bond donors (Lipinski definition) is 2. The maximum Gasteiger partial charge on any atom is 0.0724 e. The van der Waals surface area contributed by atoms with Gasteiger partial charge in [-0.1, -0.05) is 26.7 Å². The number of rotatable bonds is 3. The van der Waals surface area contributed by atoms with Crippen molar-refractivity contribution in [3.8, 4) is 0 Å². The molecule has 0 aromatic rings. The number of aliphatic hydroxyl groups is 1. The number of ether oxygens (including phenoxy) is 1. The molecular weight excluding hydrogens is 202 g/mol. The lowest BCUT2D eigenvalue weighted by atomic mass is 9.64. The highest BCUT2D eigenvalue weighted by Gasteiger charge is 2.48. The van der Waals surface area contributed by atoms with Gasteiger partial charge in [0, 0.05) is 24.6 Å². The van der Waals surface area contributed by atoms with Crippen LogP contribution >= 0.6 is 0 Å². The van der Waals surface area contributed by atoms with Gasteiger partial charge in [0.2, 0.25) is 0 Å². The van der Waals surface area contributed by atoms with E-state index in [4.69, 9.17) is 4.74 Å². The normalized spacial score (nSPS) is 42.8. The molecule has 0 heterocycles. The first-order valence-electron chi connectivity index (χ1n) is 6.52. The van der Waals surface area contributed by atoms with Crippen LogP contribution in [0.3, 0.4) is 0 Å². The lowest BCUT2D eigenvalue weighted by Crippen LogP contribution is -2.63. The van der Waals surface area contributed by atoms with Crippen molar-refractivity contribution in [2.45, 2.75) is 70.2 Å². The molecular formula is C13H25NO2. The molecule has 2 N–H and O–H groups in total. The van der Waals surface area contributed by atoms with E-state index in [0.717, 1.165) is 6.42 Å². The van der Waals surface area contributed by atoms with Crippen molar-refractivity contribution in [1.29, 1.82) is 0 Å². The highest BCUT2D eigenvalue weighted by Crippen LogP contribution is 2.41. The fraction of sp³-hybridized carbons (Fsp3) is 1.00. The van der Waals surface area contributed by atoms with Gasteiger partial charge in [0.05, 0.1) is 12.2 Å². The Bertz CT molecular complexity index is 242. The van der Waals surface area contributed by atoms with Crippen molar-refractivity contribution < 1.29 is 9.84 Å². The van der Waals surface area contributed by atoms with E-state index in [1.807, 2.05) is 7.11 Å². The Morgan fingerprint density at radius 1 is 1.25 bits per heavy atom. The van der Waals surface area contributed by atoms with Gasteiger partial charge in [-0.3, -0.25) is 0 Å². The van der Waals surface area contributed by atoms with E-state index in [1.54, 1.807) is 0 Å². The van der Waals surface area contributed by atoms with Gasteiger partial charge in [-0.15, -0.1) is 0 Å². The van der Waals surface area contributed by atoms with E-state index in [1.165, 1.54) is 25.7 Å². The van der Waals surface area contributed by atoms with E-state index in [0.29, 0.717) is 18.2 Å². The van der Waals surface area contributed by atoms with Gasteiger partial charge in [0.1, 0.15) is 0 Å². The van der Waals surface area contributed by atoms with E-state index in [2.05, 4.69) is 19.2 Å². The standard InChI is InChI=1S/C13H25NO2/c1-13(2)11(8-12(13)15)14-9-6-4-5-7-10(9)16-3/h9-12,14-15H,4-8H2,1-3H3. The first kappa shape index (κ1) is 12.3. The number of hydrogen-bond acceptors (Lipinski definition) is 3. The zero-order valence-electron chi connectivity index (χ0n) is 10.7. The maximum absolute atomic E-state index is 9.73. The largest absolute Gasteiger partial charge is 0.392 e. The molecule has 94 valence electrons. The van der Waals surface area contributed by atoms with Gasteiger partial charge < -0.3 is 15.2 Å². The molecule has 0 aromatic carbocycles. The smallest absolute Gasteiger partial charge is 0.0724 e. The summed E-state index contributed by atoms with van der Waals surface area (Å²) < 4.78 is 5.54. The summed E-state index contributed by atoms with van der Waals surface area (Å²) in [5, 5.41) is 13.4. The molecule has 3 nitrogen and oxygen atoms in total. The zero-order chi connectivity index (χ0) is 11.8. The Kier molecular flexibility index (Phi) is 3.57. The molecule has 2 saturated carbocycles. The second-order valence-corrected chi connectivity index (χ2v) is 5.96. The summed E-state index contributed by atoms with van der Waals surface area (Å²) in [6.07, 6.45) is 6.07. The summed E-state index contributed by atoms with van der Waals surface area (Å²) in [6, 6.07) is 0.929. The minimum absolute atomic E-state index is 0.0236. The molecule has 0 bridgehead atoms. The van der Waals surface area contributed by atoms with Crippen molar-refractivity contribution in [3.63, 3.8) is 0 Å². The van der Waals surface area contributed by atoms with Crippen molar-refractivity contribution >= 4 is 0 Å². The SMILES string of the molecule is COC1CCCCC1NC1CC(O)C1(C)C. The molecule has 2 aliphatic rings. The lowest BCUT2D eigenvalue weighted by molar-refractivity contribution is -0.0851. The van der Waals surface area contributed by atoms with Crippen LogP contribution in [0.5, 0.6) is 0 Å². The van der Waals surface area contributed by atoms with Crippen molar-refractivity contribution in [1.82, 2.24) is 5.32 Å². The van der Waals surface area contributed by atoms with Crippen molar-refractivity contribution in [2.75, 3.05) is 7.11 Å². The fourth-order valence-electron chi connectivity index (χ4n) is 3.01. The third-order valence-corrected chi connectivity index (χ3v) is 4.64. The van der Waals surface area contributed by atoms with Crippen LogP contribution in [0.2, 0.25) is 0 Å². The van der Waals surface area contributed by atoms with Gasteiger partial charge in [-0.05, 0) is 19.3 Å². The Hall–Kier alpha value is -0.120. The number of aliphatic hydroxyl groups excluding tert-OH is 1. The number of methoxy groups -OCH3 is 1. The maximum atomic E-state index is 9.73. The number of nitrogens with one attached hydrogen (secondary N) is 1. The third-order valence-electron chi connectivity index (χ3n) is 4.64. The zero-order valence-corrected chi connectivity index (χ0v) is 10.7. The molecule has 4 unspecified atom stereocenters. The van der Waals surface area contributed by atoms with Gasteiger partial charge in [-0.25, -0.2) is 0 Å². The Balaban J connectivity index is 1.89. The monoisotopic (exact) mass is 227 g/mol. The van der Waals surface area contributed by atoms with Crippen LogP contribution in [-0.2, 0) is 4.74 Å². The summed E-state index contributed by atoms with van der Waals surface area (Å²) >= 11 is 0. The highest BCUT2D eigenvalue weighted by molar-refractivity contribution is 5.03. The first-order chi connectivity index (χ1) is 7.55. The second kappa shape index (κ2) is 4.63. The van der Waals surface area contributed by atoms with Crippen LogP contribution in [0.25, 0.3) is 0 Å². The van der Waals surface area contributed by atoms with Crippen molar-refractivity contribution in [2.24, 2.45) is 5.41 Å². The molecule has 0 amide bonds. The van der Waals surface area contributed by atoms with E-state index < -0.39 is 0 Å². The lowest BCUT2D eigenvalue weighted by Gasteiger charge is -2.52. The van der Waals surface area contributed by atoms with Gasteiger partial charge >= 0.3 is 0 Å². The van der Waals surface area contributed by atoms with Crippen molar-refractivity contribution in [3.05, 3.63) is 0 Å². The molecule has 2 aliphatic carbocycles. The quantitative estimate of drug-likeness (QED) is 0.771. The fourth-order valence-corrected chi connectivity index (χ4v) is 3.01. The Labute approximate surface area is 98.6 Å². The molecule has 2 fully saturated rings. The average Bonchev–Trinajstić information content (AvgIpc) is 2.29. The first-order valence-corrected chi connectivity index (χ1v) is 6.52. The van der Waals surface area contributed by atoms with E-state index >= 15 is 0 Å². The average molecular weight is 227 g/mol. The molecule has 3 heteroatoms. The molecule has 0 spiro atoms. The van der Waals surface area contributed by atoms with E-state index in [-0.39, 0.29) is 11.5 Å². The van der Waals surface area contributed by atoms with Gasteiger partial charge in [-0.2, -0.15) is 0 Å². The van der Waals surface area contributed by atoms with Gasteiger partial charge in [0.25, 0.3) is 0 Å². The summed E-state index contributed by atoms with van der Waals surface area (Å²) in [6.45, 7) is 4.28. The molecule has 0 aromatic heterocycles. The van der Waals surface area contributed by atoms with Crippen LogP contribution in [0, 0.1) is 5.41 Å². The Morgan fingerprint density at radius 3 is 2.50 bits per heavy atom. The molecule has 4 atom stereocenters. The van der Waals surface area contributed by atoms with Gasteiger partial charge in [0.15, 0.2) is 0 Å². The predicted molar refractivity (Wildman–Crippen MR) is 64.4 cm³/mol. The molecule has 2 rings (SSSR count). The predicted octanol–water partition coefficient (Wildman–Crippen LogP) is 1.69. The summed E-state index contributed by atoms with van der Waals surface area (Å²) in [4.78, 5) is 0. The molecule has 0 saturated heterocycles. The molecule has 16 heavy (non-hydrogen) atoms. The summed E-state index contributed by atoms with van der Waals surface area (Å²) in [5.41, 5.74) is 0.0236. The van der Waals surface area contributed by atoms with Crippen LogP contribution in [-0.4, -0.2) is 36.5 Å². The topological polar surface area (TPSA) is 41.5 Å². The Morgan fingerprint density at radius 2 is 1.94 bits per heavy atom. The summed E-state index contributed by atoms with van der Waals surface area (Å²) in [7, 11) is 1.81. The summed E-state index contributed by atoms with van der Waals surface area (Å²) in [5.74, 6) is 0.